The number of halogens is 3. The van der Waals surface area contributed by atoms with Gasteiger partial charge in [0, 0.05) is 24.9 Å². The molecule has 4 atom stereocenters. The van der Waals surface area contributed by atoms with Crippen molar-refractivity contribution >= 4 is 53.6 Å². The highest BCUT2D eigenvalue weighted by Crippen LogP contribution is 2.45. The van der Waals surface area contributed by atoms with Gasteiger partial charge in [-0.2, -0.15) is 0 Å². The van der Waals surface area contributed by atoms with E-state index in [9.17, 15) is 9.90 Å². The van der Waals surface area contributed by atoms with E-state index in [1.165, 1.54) is 45.1 Å². The number of ketones is 1. The van der Waals surface area contributed by atoms with Gasteiger partial charge in [-0.25, -0.2) is 0 Å². The second-order valence-electron chi connectivity index (χ2n) is 13.2. The van der Waals surface area contributed by atoms with Gasteiger partial charge < -0.3 is 5.11 Å². The van der Waals surface area contributed by atoms with Crippen LogP contribution in [0.3, 0.4) is 0 Å². The van der Waals surface area contributed by atoms with Gasteiger partial charge in [-0.3, -0.25) is 4.79 Å². The topological polar surface area (TPSA) is 37.3 Å². The molecule has 0 aromatic heterocycles. The number of aliphatic hydroxyl groups is 1. The molecule has 0 aliphatic heterocycles. The number of aliphatic hydroxyl groups excluding tert-OH is 1. The fourth-order valence-electron chi connectivity index (χ4n) is 7.62. The Morgan fingerprint density at radius 2 is 1.02 bits per heavy atom. The Labute approximate surface area is 327 Å². The average molecular weight is 866 g/mol. The molecular formula is C46H41Br3O2. The van der Waals surface area contributed by atoms with E-state index in [0.29, 0.717) is 5.92 Å². The first-order chi connectivity index (χ1) is 24.4. The van der Waals surface area contributed by atoms with Gasteiger partial charge in [0.25, 0.3) is 0 Å². The number of carbonyl (C=O) groups excluding carboxylic acids is 1. The van der Waals surface area contributed by atoms with Crippen LogP contribution in [0.1, 0.15) is 86.1 Å². The van der Waals surface area contributed by atoms with E-state index in [2.05, 4.69) is 108 Å². The summed E-state index contributed by atoms with van der Waals surface area (Å²) in [4.78, 5) is 12.3. The van der Waals surface area contributed by atoms with Crippen molar-refractivity contribution < 1.29 is 9.90 Å². The van der Waals surface area contributed by atoms with Gasteiger partial charge >= 0.3 is 0 Å². The predicted octanol–water partition coefficient (Wildman–Crippen LogP) is 12.8. The molecule has 0 radical (unpaired) electrons. The molecule has 51 heavy (non-hydrogen) atoms. The van der Waals surface area contributed by atoms with Crippen LogP contribution in [0, 0.1) is 0 Å². The highest BCUT2D eigenvalue weighted by molar-refractivity contribution is 9.11. The maximum Gasteiger partial charge on any atom is 0.170 e. The molecule has 0 saturated carbocycles. The van der Waals surface area contributed by atoms with E-state index in [-0.39, 0.29) is 31.1 Å². The number of benzene rings is 6. The molecule has 4 unspecified atom stereocenters. The minimum Gasteiger partial charge on any atom is -0.388 e. The van der Waals surface area contributed by atoms with Crippen molar-refractivity contribution in [2.45, 2.75) is 57.0 Å². The molecule has 0 saturated heterocycles. The summed E-state index contributed by atoms with van der Waals surface area (Å²) < 4.78 is 3.41. The first kappa shape index (κ1) is 37.2. The van der Waals surface area contributed by atoms with Gasteiger partial charge in [0.05, 0.1) is 12.0 Å². The van der Waals surface area contributed by atoms with Crippen LogP contribution < -0.4 is 0 Å². The van der Waals surface area contributed by atoms with Crippen molar-refractivity contribution in [3.05, 3.63) is 209 Å². The molecule has 5 heteroatoms. The van der Waals surface area contributed by atoms with Crippen LogP contribution in [0.15, 0.2) is 159 Å². The van der Waals surface area contributed by atoms with Crippen molar-refractivity contribution in [2.24, 2.45) is 0 Å². The Balaban J connectivity index is 0.000000131. The summed E-state index contributed by atoms with van der Waals surface area (Å²) in [5.74, 6) is 1.08. The zero-order valence-corrected chi connectivity index (χ0v) is 32.2. The molecule has 3 aliphatic carbocycles. The van der Waals surface area contributed by atoms with Crippen LogP contribution >= 0.6 is 47.8 Å². The van der Waals surface area contributed by atoms with Gasteiger partial charge in [0.1, 0.15) is 0 Å². The lowest BCUT2D eigenvalue weighted by Crippen LogP contribution is -2.06. The Hall–Kier alpha value is -3.61. The van der Waals surface area contributed by atoms with Crippen molar-refractivity contribution in [3.8, 4) is 0 Å². The first-order valence-electron chi connectivity index (χ1n) is 17.1. The lowest BCUT2D eigenvalue weighted by molar-refractivity contribution is 0.0973. The van der Waals surface area contributed by atoms with Gasteiger partial charge in [0.2, 0.25) is 0 Å². The van der Waals surface area contributed by atoms with E-state index >= 15 is 0 Å². The second-order valence-corrected chi connectivity index (χ2v) is 15.7. The zero-order valence-electron chi connectivity index (χ0n) is 27.5. The number of Topliss-reactive ketones (excluding diaryl/α,β-unsaturated/α-hetero) is 1. The van der Waals surface area contributed by atoms with Gasteiger partial charge in [-0.1, -0.05) is 183 Å². The molecule has 0 fully saturated rings. The Kier molecular flexibility index (Phi) is 12.3. The normalized spacial score (nSPS) is 19.3. The third kappa shape index (κ3) is 8.08. The highest BCUT2D eigenvalue weighted by Gasteiger charge is 2.34. The maximum absolute atomic E-state index is 12.3. The van der Waals surface area contributed by atoms with Crippen molar-refractivity contribution in [2.75, 3.05) is 0 Å². The molecule has 1 N–H and O–H groups in total. The highest BCUT2D eigenvalue weighted by atomic mass is 79.9. The van der Waals surface area contributed by atoms with E-state index in [4.69, 9.17) is 0 Å². The van der Waals surface area contributed by atoms with Gasteiger partial charge in [-0.15, -0.1) is 0 Å². The van der Waals surface area contributed by atoms with Crippen LogP contribution in [0.25, 0.3) is 0 Å². The van der Waals surface area contributed by atoms with E-state index in [1.54, 1.807) is 0 Å². The van der Waals surface area contributed by atoms with Crippen molar-refractivity contribution in [3.63, 3.8) is 0 Å². The average Bonchev–Trinajstić information content (AvgIpc) is 3.85. The number of rotatable bonds is 3. The molecule has 258 valence electrons. The van der Waals surface area contributed by atoms with Crippen LogP contribution in [0.5, 0.6) is 0 Å². The molecule has 6 aromatic carbocycles. The standard InChI is InChI=1S/C15H13BrO.C15H11BrO.C15H13Br.CH4/c2*16-14-8-4-7-11-13(14)9-12(15(11)17)10-5-2-1-3-6-10;16-15-8-4-7-12-9-13(10-14(12)15)11-5-2-1-3-6-11;/h1-8,12,15,17H,9H2;1-8,12H,9H2;1-8,13H,9-10H2;1H4. The van der Waals surface area contributed by atoms with Gasteiger partial charge in [0.15, 0.2) is 5.78 Å². The SMILES string of the molecule is Brc1cccc2c1CC(c1ccccc1)C2.C.O=C1c2cccc(Br)c2CC1c1ccccc1.OC1c2cccc(Br)c2CC1c1ccccc1. The maximum atomic E-state index is 12.3. The van der Waals surface area contributed by atoms with Crippen LogP contribution in [0.4, 0.5) is 0 Å². The van der Waals surface area contributed by atoms with Crippen molar-refractivity contribution in [1.29, 1.82) is 0 Å². The number of fused-ring (bicyclic) bond motifs is 3. The van der Waals surface area contributed by atoms with E-state index < -0.39 is 0 Å². The van der Waals surface area contributed by atoms with Gasteiger partial charge in [-0.05, 0) is 94.3 Å². The summed E-state index contributed by atoms with van der Waals surface area (Å²) in [5.41, 5.74) is 11.1. The second kappa shape index (κ2) is 16.8. The van der Waals surface area contributed by atoms with Crippen LogP contribution in [-0.4, -0.2) is 10.9 Å². The summed E-state index contributed by atoms with van der Waals surface area (Å²) >= 11 is 10.7. The van der Waals surface area contributed by atoms with Crippen molar-refractivity contribution in [1.82, 2.24) is 0 Å². The molecular weight excluding hydrogens is 824 g/mol. The Morgan fingerprint density at radius 1 is 0.490 bits per heavy atom. The number of carbonyl (C=O) groups is 1. The molecule has 2 nitrogen and oxygen atoms in total. The molecule has 0 heterocycles. The summed E-state index contributed by atoms with van der Waals surface area (Å²) in [6, 6.07) is 49.5. The largest absolute Gasteiger partial charge is 0.388 e. The predicted molar refractivity (Wildman–Crippen MR) is 221 cm³/mol. The molecule has 0 spiro atoms. The summed E-state index contributed by atoms with van der Waals surface area (Å²) in [5, 5.41) is 10.4. The van der Waals surface area contributed by atoms with Crippen LogP contribution in [-0.2, 0) is 25.7 Å². The summed E-state index contributed by atoms with van der Waals surface area (Å²) in [6.45, 7) is 0. The minimum atomic E-state index is -0.384. The summed E-state index contributed by atoms with van der Waals surface area (Å²) in [7, 11) is 0. The molecule has 9 rings (SSSR count). The minimum absolute atomic E-state index is 0. The van der Waals surface area contributed by atoms with Crippen LogP contribution in [0.2, 0.25) is 0 Å². The summed E-state index contributed by atoms with van der Waals surface area (Å²) in [6.07, 6.45) is 3.67. The Morgan fingerprint density at radius 3 is 1.61 bits per heavy atom. The molecule has 3 aliphatic rings. The smallest absolute Gasteiger partial charge is 0.170 e. The molecule has 0 bridgehead atoms. The van der Waals surface area contributed by atoms with E-state index in [0.717, 1.165) is 44.0 Å². The fourth-order valence-corrected chi connectivity index (χ4v) is 9.26. The zero-order chi connectivity index (χ0) is 34.6. The quantitative estimate of drug-likeness (QED) is 0.192. The van der Waals surface area contributed by atoms with E-state index in [1.807, 2.05) is 84.9 Å². The fraction of sp³-hybridized carbons (Fsp3) is 0.196. The lowest BCUT2D eigenvalue weighted by Gasteiger charge is -2.15. The number of hydrogen-bond acceptors (Lipinski definition) is 2. The lowest BCUT2D eigenvalue weighted by atomic mass is 9.94. The Bertz CT molecular complexity index is 2100. The molecule has 0 amide bonds. The first-order valence-corrected chi connectivity index (χ1v) is 19.4. The third-order valence-corrected chi connectivity index (χ3v) is 12.5. The third-order valence-electron chi connectivity index (χ3n) is 10.2. The number of hydrogen-bond donors (Lipinski definition) is 1. The molecule has 6 aromatic rings. The monoisotopic (exact) mass is 862 g/mol.